The summed E-state index contributed by atoms with van der Waals surface area (Å²) in [7, 11) is -5.83. The molecule has 0 heterocycles. The van der Waals surface area contributed by atoms with Crippen molar-refractivity contribution >= 4 is 16.1 Å². The van der Waals surface area contributed by atoms with Crippen LogP contribution in [0.15, 0.2) is 24.3 Å². The van der Waals surface area contributed by atoms with Crippen LogP contribution in [0, 0.1) is 24.2 Å². The van der Waals surface area contributed by atoms with Crippen molar-refractivity contribution in [3.8, 4) is 0 Å². The predicted octanol–water partition coefficient (Wildman–Crippen LogP) is 3.08. The first-order valence-corrected chi connectivity index (χ1v) is 10.0. The van der Waals surface area contributed by atoms with Crippen molar-refractivity contribution in [3.63, 3.8) is 0 Å². The Balaban J connectivity index is 1.50. The molecule has 3 aliphatic rings. The highest BCUT2D eigenvalue weighted by atomic mass is 32.2. The number of carbonyl (C=O) groups excluding carboxylic acids is 1. The third kappa shape index (κ3) is 2.27. The number of aryl methyl sites for hydroxylation is 1. The fourth-order valence-corrected chi connectivity index (χ4v) is 6.08. The van der Waals surface area contributed by atoms with E-state index < -0.39 is 21.3 Å². The van der Waals surface area contributed by atoms with Gasteiger partial charge in [0.15, 0.2) is 0 Å². The summed E-state index contributed by atoms with van der Waals surface area (Å²) in [5, 5.41) is -4.93. The predicted molar refractivity (Wildman–Crippen MR) is 88.2 cm³/mol. The lowest BCUT2D eigenvalue weighted by molar-refractivity contribution is -0.176. The fourth-order valence-electron chi connectivity index (χ4n) is 5.81. The summed E-state index contributed by atoms with van der Waals surface area (Å²) in [4.78, 5) is 11.5. The summed E-state index contributed by atoms with van der Waals surface area (Å²) >= 11 is 0. The van der Waals surface area contributed by atoms with E-state index in [2.05, 4.69) is 29.0 Å². The van der Waals surface area contributed by atoms with Gasteiger partial charge >= 0.3 is 21.3 Å². The van der Waals surface area contributed by atoms with Crippen molar-refractivity contribution in [2.45, 2.75) is 43.3 Å². The molecule has 1 aromatic rings. The Labute approximate surface area is 150 Å². The van der Waals surface area contributed by atoms with E-state index in [4.69, 9.17) is 4.55 Å². The molecule has 4 atom stereocenters. The van der Waals surface area contributed by atoms with E-state index in [1.165, 1.54) is 11.1 Å². The SMILES string of the molecule is Cc1ccc(C23CC4CC2C(COC(=O)C(F)(F)S(=O)(=O)O)(C4)C3)cc1. The molecule has 2 bridgehead atoms. The molecule has 4 rings (SSSR count). The molecule has 0 aromatic heterocycles. The zero-order valence-electron chi connectivity index (χ0n) is 14.2. The van der Waals surface area contributed by atoms with Crippen LogP contribution in [-0.2, 0) is 25.1 Å². The molecule has 0 radical (unpaired) electrons. The van der Waals surface area contributed by atoms with Crippen LogP contribution in [0.1, 0.15) is 36.8 Å². The lowest BCUT2D eigenvalue weighted by atomic mass is 9.42. The number of hydrogen-bond acceptors (Lipinski definition) is 4. The summed E-state index contributed by atoms with van der Waals surface area (Å²) in [5.41, 5.74) is 2.05. The first-order valence-electron chi connectivity index (χ1n) is 8.59. The van der Waals surface area contributed by atoms with Gasteiger partial charge in [-0.05, 0) is 55.4 Å². The molecule has 8 heteroatoms. The van der Waals surface area contributed by atoms with Crippen molar-refractivity contribution in [1.29, 1.82) is 0 Å². The number of rotatable bonds is 5. The number of ether oxygens (including phenoxy) is 1. The quantitative estimate of drug-likeness (QED) is 0.621. The molecule has 1 N–H and O–H groups in total. The average molecular weight is 386 g/mol. The number of halogens is 2. The number of benzene rings is 1. The second-order valence-corrected chi connectivity index (χ2v) is 9.65. The number of esters is 1. The second kappa shape index (κ2) is 5.25. The molecule has 4 unspecified atom stereocenters. The lowest BCUT2D eigenvalue weighted by Crippen LogP contribution is -2.60. The number of carbonyl (C=O) groups is 1. The molecule has 1 aromatic carbocycles. The average Bonchev–Trinajstić information content (AvgIpc) is 3.01. The molecule has 5 nitrogen and oxygen atoms in total. The Hall–Kier alpha value is -1.54. The van der Waals surface area contributed by atoms with Gasteiger partial charge in [0.1, 0.15) is 0 Å². The highest BCUT2D eigenvalue weighted by Crippen LogP contribution is 2.77. The first-order chi connectivity index (χ1) is 12.0. The van der Waals surface area contributed by atoms with Gasteiger partial charge in [-0.15, -0.1) is 0 Å². The van der Waals surface area contributed by atoms with Gasteiger partial charge in [-0.2, -0.15) is 17.2 Å². The Morgan fingerprint density at radius 1 is 1.31 bits per heavy atom. The van der Waals surface area contributed by atoms with Crippen LogP contribution in [0.5, 0.6) is 0 Å². The van der Waals surface area contributed by atoms with E-state index in [0.29, 0.717) is 5.92 Å². The molecule has 0 saturated heterocycles. The van der Waals surface area contributed by atoms with Crippen molar-refractivity contribution < 1.29 is 31.3 Å². The second-order valence-electron chi connectivity index (χ2n) is 8.19. The van der Waals surface area contributed by atoms with Crippen LogP contribution >= 0.6 is 0 Å². The maximum atomic E-state index is 13.4. The molecule has 3 saturated carbocycles. The molecule has 3 aliphatic carbocycles. The third-order valence-corrected chi connectivity index (χ3v) is 7.48. The number of fused-ring (bicyclic) bond motifs is 1. The van der Waals surface area contributed by atoms with Crippen LogP contribution in [0.2, 0.25) is 0 Å². The van der Waals surface area contributed by atoms with E-state index in [9.17, 15) is 22.0 Å². The summed E-state index contributed by atoms with van der Waals surface area (Å²) in [5.74, 6) is -1.49. The van der Waals surface area contributed by atoms with Gasteiger partial charge < -0.3 is 4.74 Å². The lowest BCUT2D eigenvalue weighted by Gasteiger charge is -2.62. The standard InChI is InChI=1S/C18H20F2O5S/c1-11-2-4-13(5-3-11)17-8-12-6-14(17)16(7-12,9-17)10-25-15(21)18(19,20)26(22,23)24/h2-5,12,14H,6-10H2,1H3,(H,22,23,24). The molecular formula is C18H20F2O5S. The van der Waals surface area contributed by atoms with Crippen molar-refractivity contribution in [1.82, 2.24) is 0 Å². The third-order valence-electron chi connectivity index (χ3n) is 6.67. The number of hydrogen-bond donors (Lipinski definition) is 1. The van der Waals surface area contributed by atoms with E-state index in [1.54, 1.807) is 0 Å². The molecular weight excluding hydrogens is 366 g/mol. The monoisotopic (exact) mass is 386 g/mol. The van der Waals surface area contributed by atoms with Gasteiger partial charge in [-0.25, -0.2) is 4.79 Å². The summed E-state index contributed by atoms with van der Waals surface area (Å²) in [6.07, 6.45) is 3.57. The zero-order valence-corrected chi connectivity index (χ0v) is 15.1. The van der Waals surface area contributed by atoms with Crippen molar-refractivity contribution in [2.24, 2.45) is 17.3 Å². The van der Waals surface area contributed by atoms with Crippen LogP contribution < -0.4 is 0 Å². The number of alkyl halides is 2. The van der Waals surface area contributed by atoms with Crippen molar-refractivity contribution in [3.05, 3.63) is 35.4 Å². The molecule has 26 heavy (non-hydrogen) atoms. The minimum atomic E-state index is -5.83. The molecule has 0 aliphatic heterocycles. The Morgan fingerprint density at radius 2 is 1.96 bits per heavy atom. The molecule has 3 fully saturated rings. The Kier molecular flexibility index (Phi) is 3.61. The summed E-state index contributed by atoms with van der Waals surface area (Å²) < 4.78 is 61.3. The van der Waals surface area contributed by atoms with Gasteiger partial charge in [0.2, 0.25) is 0 Å². The normalized spacial score (nSPS) is 35.2. The Bertz CT molecular complexity index is 866. The minimum Gasteiger partial charge on any atom is -0.460 e. The Morgan fingerprint density at radius 3 is 2.54 bits per heavy atom. The van der Waals surface area contributed by atoms with Gasteiger partial charge in [0.25, 0.3) is 0 Å². The fraction of sp³-hybridized carbons (Fsp3) is 0.611. The molecule has 0 spiro atoms. The first kappa shape index (κ1) is 17.9. The van der Waals surface area contributed by atoms with Crippen LogP contribution in [-0.4, -0.2) is 30.8 Å². The maximum absolute atomic E-state index is 13.4. The molecule has 142 valence electrons. The van der Waals surface area contributed by atoms with Crippen LogP contribution in [0.4, 0.5) is 8.78 Å². The maximum Gasteiger partial charge on any atom is 0.465 e. The van der Waals surface area contributed by atoms with Gasteiger partial charge in [0, 0.05) is 5.41 Å². The topological polar surface area (TPSA) is 80.7 Å². The largest absolute Gasteiger partial charge is 0.465 e. The van der Waals surface area contributed by atoms with Gasteiger partial charge in [-0.1, -0.05) is 29.8 Å². The van der Waals surface area contributed by atoms with E-state index in [0.717, 1.165) is 25.7 Å². The van der Waals surface area contributed by atoms with Crippen LogP contribution in [0.25, 0.3) is 0 Å². The van der Waals surface area contributed by atoms with Gasteiger partial charge in [0.05, 0.1) is 6.61 Å². The van der Waals surface area contributed by atoms with Gasteiger partial charge in [-0.3, -0.25) is 4.55 Å². The smallest absolute Gasteiger partial charge is 0.460 e. The van der Waals surface area contributed by atoms with Crippen LogP contribution in [0.3, 0.4) is 0 Å². The summed E-state index contributed by atoms with van der Waals surface area (Å²) in [6, 6.07) is 8.34. The van der Waals surface area contributed by atoms with E-state index in [1.807, 2.05) is 6.92 Å². The minimum absolute atomic E-state index is 0.00853. The van der Waals surface area contributed by atoms with Crippen molar-refractivity contribution in [2.75, 3.05) is 6.61 Å². The highest BCUT2D eigenvalue weighted by Gasteiger charge is 2.73. The van der Waals surface area contributed by atoms with E-state index in [-0.39, 0.29) is 23.4 Å². The highest BCUT2D eigenvalue weighted by molar-refractivity contribution is 7.87. The molecule has 0 amide bonds. The van der Waals surface area contributed by atoms with E-state index >= 15 is 0 Å². The zero-order chi connectivity index (χ0) is 19.0. The summed E-state index contributed by atoms with van der Waals surface area (Å²) in [6.45, 7) is 1.79.